The minimum atomic E-state index is 0.168. The van der Waals surface area contributed by atoms with Crippen molar-refractivity contribution in [3.05, 3.63) is 35.5 Å². The van der Waals surface area contributed by atoms with E-state index in [1.807, 2.05) is 12.1 Å². The first-order valence-corrected chi connectivity index (χ1v) is 6.82. The van der Waals surface area contributed by atoms with Crippen molar-refractivity contribution in [1.82, 2.24) is 15.0 Å². The van der Waals surface area contributed by atoms with Crippen molar-refractivity contribution in [2.24, 2.45) is 0 Å². The van der Waals surface area contributed by atoms with Gasteiger partial charge in [-0.05, 0) is 30.3 Å². The average molecular weight is 317 g/mol. The van der Waals surface area contributed by atoms with Crippen molar-refractivity contribution in [3.8, 4) is 22.8 Å². The molecule has 22 heavy (non-hydrogen) atoms. The second-order valence-corrected chi connectivity index (χ2v) is 4.89. The van der Waals surface area contributed by atoms with Gasteiger partial charge in [0.05, 0.1) is 19.7 Å². The Labute approximate surface area is 131 Å². The van der Waals surface area contributed by atoms with Gasteiger partial charge in [-0.15, -0.1) is 0 Å². The molecule has 0 saturated carbocycles. The standard InChI is InChI=1S/C15H13ClN4O2/c1-21-10-5-3-8(7-11(10)22-2)13-14-9(18-15(17)20-13)4-6-12(16)19-14/h3-7H,1-2H3,(H2,17,18,20). The Bertz CT molecular complexity index is 854. The van der Waals surface area contributed by atoms with Crippen molar-refractivity contribution < 1.29 is 9.47 Å². The maximum absolute atomic E-state index is 5.98. The van der Waals surface area contributed by atoms with E-state index >= 15 is 0 Å². The van der Waals surface area contributed by atoms with Gasteiger partial charge >= 0.3 is 0 Å². The van der Waals surface area contributed by atoms with E-state index < -0.39 is 0 Å². The van der Waals surface area contributed by atoms with Crippen molar-refractivity contribution in [3.63, 3.8) is 0 Å². The molecule has 112 valence electrons. The molecule has 0 saturated heterocycles. The van der Waals surface area contributed by atoms with E-state index in [0.717, 1.165) is 5.56 Å². The van der Waals surface area contributed by atoms with E-state index in [2.05, 4.69) is 15.0 Å². The summed E-state index contributed by atoms with van der Waals surface area (Å²) in [5, 5.41) is 0.364. The van der Waals surface area contributed by atoms with Crippen LogP contribution in [0.4, 0.5) is 5.95 Å². The third-order valence-corrected chi connectivity index (χ3v) is 3.39. The minimum Gasteiger partial charge on any atom is -0.493 e. The second kappa shape index (κ2) is 5.65. The molecule has 0 radical (unpaired) electrons. The van der Waals surface area contributed by atoms with Gasteiger partial charge in [0.2, 0.25) is 5.95 Å². The third kappa shape index (κ3) is 2.48. The fraction of sp³-hybridized carbons (Fsp3) is 0.133. The molecular formula is C15H13ClN4O2. The number of anilines is 1. The zero-order chi connectivity index (χ0) is 15.7. The lowest BCUT2D eigenvalue weighted by Crippen LogP contribution is -2.00. The third-order valence-electron chi connectivity index (χ3n) is 3.18. The van der Waals surface area contributed by atoms with Crippen LogP contribution in [0.5, 0.6) is 11.5 Å². The van der Waals surface area contributed by atoms with Gasteiger partial charge in [0.25, 0.3) is 0 Å². The molecule has 1 aromatic carbocycles. The lowest BCUT2D eigenvalue weighted by atomic mass is 10.1. The number of methoxy groups -OCH3 is 2. The molecule has 2 N–H and O–H groups in total. The summed E-state index contributed by atoms with van der Waals surface area (Å²) in [5.41, 5.74) is 8.36. The summed E-state index contributed by atoms with van der Waals surface area (Å²) in [4.78, 5) is 12.8. The molecule has 0 fully saturated rings. The number of nitrogens with zero attached hydrogens (tertiary/aromatic N) is 3. The predicted molar refractivity (Wildman–Crippen MR) is 85.3 cm³/mol. The van der Waals surface area contributed by atoms with E-state index in [1.54, 1.807) is 32.4 Å². The van der Waals surface area contributed by atoms with Crippen LogP contribution in [0.15, 0.2) is 30.3 Å². The molecule has 2 aromatic heterocycles. The van der Waals surface area contributed by atoms with Crippen LogP contribution in [0.3, 0.4) is 0 Å². The van der Waals surface area contributed by atoms with E-state index in [0.29, 0.717) is 33.4 Å². The maximum atomic E-state index is 5.98. The van der Waals surface area contributed by atoms with Crippen LogP contribution >= 0.6 is 11.6 Å². The highest BCUT2D eigenvalue weighted by Crippen LogP contribution is 2.34. The summed E-state index contributed by atoms with van der Waals surface area (Å²) in [6, 6.07) is 8.87. The monoisotopic (exact) mass is 316 g/mol. The predicted octanol–water partition coefficient (Wildman–Crippen LogP) is 2.94. The summed E-state index contributed by atoms with van der Waals surface area (Å²) in [6.07, 6.45) is 0. The smallest absolute Gasteiger partial charge is 0.221 e. The van der Waals surface area contributed by atoms with Gasteiger partial charge in [0, 0.05) is 5.56 Å². The summed E-state index contributed by atoms with van der Waals surface area (Å²) in [7, 11) is 3.15. The second-order valence-electron chi connectivity index (χ2n) is 4.50. The Morgan fingerprint density at radius 1 is 0.955 bits per heavy atom. The van der Waals surface area contributed by atoms with Gasteiger partial charge in [0.1, 0.15) is 16.4 Å². The lowest BCUT2D eigenvalue weighted by Gasteiger charge is -2.11. The van der Waals surface area contributed by atoms with Crippen molar-refractivity contribution >= 4 is 28.6 Å². The maximum Gasteiger partial charge on any atom is 0.221 e. The van der Waals surface area contributed by atoms with Crippen LogP contribution in [0, 0.1) is 0 Å². The van der Waals surface area contributed by atoms with Crippen molar-refractivity contribution in [1.29, 1.82) is 0 Å². The number of nitrogen functional groups attached to an aromatic ring is 1. The summed E-state index contributed by atoms with van der Waals surface area (Å²) in [5.74, 6) is 1.39. The Morgan fingerprint density at radius 2 is 1.73 bits per heavy atom. The SMILES string of the molecule is COc1ccc(-c2nc(N)nc3ccc(Cl)nc23)cc1OC. The van der Waals surface area contributed by atoms with Crippen LogP contribution in [0.25, 0.3) is 22.3 Å². The number of aromatic nitrogens is 3. The lowest BCUT2D eigenvalue weighted by molar-refractivity contribution is 0.355. The van der Waals surface area contributed by atoms with Crippen molar-refractivity contribution in [2.75, 3.05) is 20.0 Å². The number of hydrogen-bond donors (Lipinski definition) is 1. The van der Waals surface area contributed by atoms with Gasteiger partial charge in [0.15, 0.2) is 11.5 Å². The van der Waals surface area contributed by atoms with E-state index in [-0.39, 0.29) is 5.95 Å². The topological polar surface area (TPSA) is 83.2 Å². The number of rotatable bonds is 3. The molecule has 7 heteroatoms. The molecule has 3 rings (SSSR count). The Kier molecular flexibility index (Phi) is 3.68. The quantitative estimate of drug-likeness (QED) is 0.748. The molecule has 0 bridgehead atoms. The van der Waals surface area contributed by atoms with Crippen LogP contribution in [0.2, 0.25) is 5.15 Å². The van der Waals surface area contributed by atoms with Gasteiger partial charge in [-0.2, -0.15) is 0 Å². The summed E-state index contributed by atoms with van der Waals surface area (Å²) >= 11 is 5.98. The zero-order valence-corrected chi connectivity index (χ0v) is 12.8. The van der Waals surface area contributed by atoms with Crippen LogP contribution in [-0.2, 0) is 0 Å². The number of halogens is 1. The molecule has 0 aliphatic heterocycles. The first-order valence-electron chi connectivity index (χ1n) is 6.44. The van der Waals surface area contributed by atoms with Gasteiger partial charge < -0.3 is 15.2 Å². The molecule has 0 unspecified atom stereocenters. The average Bonchev–Trinajstić information content (AvgIpc) is 2.53. The number of fused-ring (bicyclic) bond motifs is 1. The first-order chi connectivity index (χ1) is 10.6. The van der Waals surface area contributed by atoms with Crippen LogP contribution in [0.1, 0.15) is 0 Å². The minimum absolute atomic E-state index is 0.168. The summed E-state index contributed by atoms with van der Waals surface area (Å²) < 4.78 is 10.6. The highest BCUT2D eigenvalue weighted by atomic mass is 35.5. The number of hydrogen-bond acceptors (Lipinski definition) is 6. The highest BCUT2D eigenvalue weighted by molar-refractivity contribution is 6.29. The molecule has 0 spiro atoms. The molecule has 0 aliphatic carbocycles. The molecule has 0 amide bonds. The molecule has 0 atom stereocenters. The molecule has 0 aliphatic rings. The molecule has 2 heterocycles. The first kappa shape index (κ1) is 14.3. The summed E-state index contributed by atoms with van der Waals surface area (Å²) in [6.45, 7) is 0. The van der Waals surface area contributed by atoms with Crippen LogP contribution < -0.4 is 15.2 Å². The largest absolute Gasteiger partial charge is 0.493 e. The van der Waals surface area contributed by atoms with E-state index in [1.165, 1.54) is 0 Å². The molecule has 6 nitrogen and oxygen atoms in total. The number of benzene rings is 1. The fourth-order valence-corrected chi connectivity index (χ4v) is 2.34. The van der Waals surface area contributed by atoms with Crippen molar-refractivity contribution in [2.45, 2.75) is 0 Å². The van der Waals surface area contributed by atoms with E-state index in [4.69, 9.17) is 26.8 Å². The van der Waals surface area contributed by atoms with E-state index in [9.17, 15) is 0 Å². The normalized spacial score (nSPS) is 10.7. The van der Waals surface area contributed by atoms with Gasteiger partial charge in [-0.3, -0.25) is 0 Å². The zero-order valence-electron chi connectivity index (χ0n) is 12.0. The fourth-order valence-electron chi connectivity index (χ4n) is 2.19. The number of nitrogens with two attached hydrogens (primary N) is 1. The number of pyridine rings is 1. The Hall–Kier alpha value is -2.60. The Morgan fingerprint density at radius 3 is 2.45 bits per heavy atom. The van der Waals surface area contributed by atoms with Gasteiger partial charge in [-0.1, -0.05) is 11.6 Å². The van der Waals surface area contributed by atoms with Gasteiger partial charge in [-0.25, -0.2) is 15.0 Å². The van der Waals surface area contributed by atoms with Crippen LogP contribution in [-0.4, -0.2) is 29.2 Å². The molecular weight excluding hydrogens is 304 g/mol. The number of ether oxygens (including phenoxy) is 2. The molecule has 3 aromatic rings. The Balaban J connectivity index is 2.27. The highest BCUT2D eigenvalue weighted by Gasteiger charge is 2.13.